The third-order valence-electron chi connectivity index (χ3n) is 1.55. The molecule has 1 aromatic rings. The molecule has 7 heteroatoms. The highest BCUT2D eigenvalue weighted by Crippen LogP contribution is 2.49. The van der Waals surface area contributed by atoms with Crippen LogP contribution in [0.25, 0.3) is 0 Å². The average Bonchev–Trinajstić information content (AvgIpc) is 2.22. The normalized spacial score (nSPS) is 11.5. The molecule has 0 heterocycles. The van der Waals surface area contributed by atoms with Crippen molar-refractivity contribution in [3.8, 4) is 5.75 Å². The van der Waals surface area contributed by atoms with Gasteiger partial charge in [-0.05, 0) is 18.2 Å². The number of hydrogen-bond donors (Lipinski definition) is 0. The van der Waals surface area contributed by atoms with Crippen LogP contribution in [0.2, 0.25) is 5.02 Å². The highest BCUT2D eigenvalue weighted by atomic mass is 79.9. The van der Waals surface area contributed by atoms with Gasteiger partial charge >= 0.3 is 6.72 Å². The third kappa shape index (κ3) is 3.70. The van der Waals surface area contributed by atoms with E-state index >= 15 is 0 Å². The van der Waals surface area contributed by atoms with Gasteiger partial charge in [0.2, 0.25) is 0 Å². The van der Waals surface area contributed by atoms with E-state index in [4.69, 9.17) is 37.0 Å². The van der Waals surface area contributed by atoms with E-state index in [0.29, 0.717) is 10.8 Å². The van der Waals surface area contributed by atoms with Crippen LogP contribution in [0, 0.1) is 0 Å². The van der Waals surface area contributed by atoms with Gasteiger partial charge in [-0.2, -0.15) is 0 Å². The molecule has 0 bridgehead atoms. The first-order chi connectivity index (χ1) is 7.00. The summed E-state index contributed by atoms with van der Waals surface area (Å²) in [4.78, 5) is 0. The maximum absolute atomic E-state index is 5.95. The highest BCUT2D eigenvalue weighted by molar-refractivity contribution is 9.10. The fourth-order valence-corrected chi connectivity index (χ4v) is 2.52. The summed E-state index contributed by atoms with van der Waals surface area (Å²) in [6, 6.07) is 5.21. The maximum Gasteiger partial charge on any atom is 0.380 e. The summed E-state index contributed by atoms with van der Waals surface area (Å²) in [5.74, 6) is 0.451. The van der Waals surface area contributed by atoms with Crippen LogP contribution < -0.4 is 4.52 Å². The predicted molar refractivity (Wildman–Crippen MR) is 68.1 cm³/mol. The molecule has 84 valence electrons. The zero-order valence-electron chi connectivity index (χ0n) is 8.07. The Morgan fingerprint density at radius 2 is 1.93 bits per heavy atom. The van der Waals surface area contributed by atoms with Crippen molar-refractivity contribution in [3.63, 3.8) is 0 Å². The average molecular weight is 332 g/mol. The summed E-state index contributed by atoms with van der Waals surface area (Å²) in [5.41, 5.74) is 0. The molecule has 0 unspecified atom stereocenters. The third-order valence-corrected chi connectivity index (χ3v) is 4.77. The van der Waals surface area contributed by atoms with Crippen LogP contribution in [0.4, 0.5) is 0 Å². The molecule has 3 nitrogen and oxygen atoms in total. The summed E-state index contributed by atoms with van der Waals surface area (Å²) in [5, 5.41) is 0.452. The van der Waals surface area contributed by atoms with Gasteiger partial charge in [0.1, 0.15) is 5.75 Å². The molecule has 0 radical (unpaired) electrons. The lowest BCUT2D eigenvalue weighted by Crippen LogP contribution is -1.97. The van der Waals surface area contributed by atoms with Gasteiger partial charge in [-0.1, -0.05) is 27.5 Å². The van der Waals surface area contributed by atoms with E-state index in [1.54, 1.807) is 18.2 Å². The van der Waals surface area contributed by atoms with E-state index < -0.39 is 6.72 Å². The second kappa shape index (κ2) is 5.62. The molecule has 0 N–H and O–H groups in total. The zero-order valence-corrected chi connectivity index (χ0v) is 12.1. The standard InChI is InChI=1S/C8H9BrClO3PS/c1-11-14(15,12-2)13-8-4-3-6(9)5-7(8)10/h3-5H,1-2H3. The fraction of sp³-hybridized carbons (Fsp3) is 0.250. The van der Waals surface area contributed by atoms with Gasteiger partial charge in [0, 0.05) is 30.5 Å². The molecule has 0 aliphatic carbocycles. The summed E-state index contributed by atoms with van der Waals surface area (Å²) in [6.45, 7) is -2.71. The molecular formula is C8H9BrClO3PS. The van der Waals surface area contributed by atoms with Gasteiger partial charge < -0.3 is 13.6 Å². The minimum atomic E-state index is -2.71. The fourth-order valence-electron chi connectivity index (χ4n) is 0.819. The second-order valence-electron chi connectivity index (χ2n) is 2.48. The van der Waals surface area contributed by atoms with Crippen LogP contribution in [0.5, 0.6) is 5.75 Å². The molecular weight excluding hydrogens is 322 g/mol. The van der Waals surface area contributed by atoms with E-state index in [1.807, 2.05) is 0 Å². The minimum Gasteiger partial charge on any atom is -0.423 e. The van der Waals surface area contributed by atoms with Crippen molar-refractivity contribution in [1.82, 2.24) is 0 Å². The Hall–Kier alpha value is 0.360. The highest BCUT2D eigenvalue weighted by Gasteiger charge is 2.19. The Kier molecular flexibility index (Phi) is 5.03. The van der Waals surface area contributed by atoms with Crippen LogP contribution in [0.15, 0.2) is 22.7 Å². The minimum absolute atomic E-state index is 0.451. The van der Waals surface area contributed by atoms with E-state index in [9.17, 15) is 0 Å². The molecule has 15 heavy (non-hydrogen) atoms. The lowest BCUT2D eigenvalue weighted by molar-refractivity contribution is 0.273. The monoisotopic (exact) mass is 330 g/mol. The van der Waals surface area contributed by atoms with Crippen LogP contribution in [-0.4, -0.2) is 14.2 Å². The molecule has 0 atom stereocenters. The van der Waals surface area contributed by atoms with E-state index in [0.717, 1.165) is 4.47 Å². The van der Waals surface area contributed by atoms with Crippen molar-refractivity contribution in [3.05, 3.63) is 27.7 Å². The van der Waals surface area contributed by atoms with E-state index in [2.05, 4.69) is 15.9 Å². The molecule has 0 saturated heterocycles. The van der Waals surface area contributed by atoms with Gasteiger partial charge in [0.25, 0.3) is 0 Å². The van der Waals surface area contributed by atoms with Crippen molar-refractivity contribution in [2.45, 2.75) is 0 Å². The number of rotatable bonds is 4. The Morgan fingerprint density at radius 3 is 2.40 bits per heavy atom. The number of hydrogen-bond acceptors (Lipinski definition) is 4. The molecule has 0 amide bonds. The molecule has 0 fully saturated rings. The van der Waals surface area contributed by atoms with Crippen molar-refractivity contribution in [2.75, 3.05) is 14.2 Å². The lowest BCUT2D eigenvalue weighted by Gasteiger charge is -2.18. The van der Waals surface area contributed by atoms with Crippen LogP contribution >= 0.6 is 34.2 Å². The topological polar surface area (TPSA) is 27.7 Å². The SMILES string of the molecule is COP(=S)(OC)Oc1ccc(Br)cc1Cl. The first kappa shape index (κ1) is 13.4. The first-order valence-electron chi connectivity index (χ1n) is 3.87. The molecule has 0 saturated carbocycles. The molecule has 0 spiro atoms. The zero-order chi connectivity index (χ0) is 11.5. The van der Waals surface area contributed by atoms with E-state index in [1.165, 1.54) is 14.2 Å². The molecule has 0 aliphatic heterocycles. The van der Waals surface area contributed by atoms with Crippen molar-refractivity contribution < 1.29 is 13.6 Å². The summed E-state index contributed by atoms with van der Waals surface area (Å²) in [6.07, 6.45) is 0. The summed E-state index contributed by atoms with van der Waals surface area (Å²) in [7, 11) is 2.88. The second-order valence-corrected chi connectivity index (χ2v) is 6.95. The van der Waals surface area contributed by atoms with Crippen molar-refractivity contribution in [1.29, 1.82) is 0 Å². The van der Waals surface area contributed by atoms with Gasteiger partial charge in [-0.25, -0.2) is 0 Å². The lowest BCUT2D eigenvalue weighted by atomic mass is 10.3. The van der Waals surface area contributed by atoms with Gasteiger partial charge in [0.15, 0.2) is 0 Å². The van der Waals surface area contributed by atoms with Gasteiger partial charge in [0.05, 0.1) is 5.02 Å². The first-order valence-corrected chi connectivity index (χ1v) is 7.59. The van der Waals surface area contributed by atoms with Crippen molar-refractivity contribution >= 4 is 46.1 Å². The summed E-state index contributed by atoms with van der Waals surface area (Å²) >= 11 is 14.3. The quantitative estimate of drug-likeness (QED) is 0.780. The Labute approximate surface area is 107 Å². The van der Waals surface area contributed by atoms with Crippen LogP contribution in [-0.2, 0) is 20.9 Å². The number of benzene rings is 1. The smallest absolute Gasteiger partial charge is 0.380 e. The van der Waals surface area contributed by atoms with Crippen molar-refractivity contribution in [2.24, 2.45) is 0 Å². The Bertz CT molecular complexity index is 393. The Morgan fingerprint density at radius 1 is 1.33 bits per heavy atom. The van der Waals surface area contributed by atoms with Gasteiger partial charge in [-0.15, -0.1) is 0 Å². The molecule has 0 aromatic heterocycles. The van der Waals surface area contributed by atoms with Crippen LogP contribution in [0.3, 0.4) is 0 Å². The molecule has 1 rings (SSSR count). The molecule has 0 aliphatic rings. The maximum atomic E-state index is 5.95. The van der Waals surface area contributed by atoms with Gasteiger partial charge in [-0.3, -0.25) is 0 Å². The largest absolute Gasteiger partial charge is 0.423 e. The molecule has 1 aromatic carbocycles. The van der Waals surface area contributed by atoms with Crippen LogP contribution in [0.1, 0.15) is 0 Å². The number of halogens is 2. The van der Waals surface area contributed by atoms with E-state index in [-0.39, 0.29) is 0 Å². The Balaban J connectivity index is 2.94. The predicted octanol–water partition coefficient (Wildman–Crippen LogP) is 4.00. The summed E-state index contributed by atoms with van der Waals surface area (Å²) < 4.78 is 16.3.